The number of fused-ring (bicyclic) bond motifs is 5. The molecular weight excluding hydrogens is 264 g/mol. The van der Waals surface area contributed by atoms with E-state index in [1.807, 2.05) is 0 Å². The van der Waals surface area contributed by atoms with Crippen molar-refractivity contribution in [1.82, 2.24) is 0 Å². The van der Waals surface area contributed by atoms with Crippen molar-refractivity contribution in [2.24, 2.45) is 29.1 Å². The Hall–Kier alpha value is -1.25. The summed E-state index contributed by atoms with van der Waals surface area (Å²) in [6.07, 6.45) is 9.98. The number of rotatable bonds is 0. The summed E-state index contributed by atoms with van der Waals surface area (Å²) in [4.78, 5) is 11.7. The Morgan fingerprint density at radius 1 is 1.14 bits per heavy atom. The molecule has 0 aromatic rings. The fourth-order valence-corrected chi connectivity index (χ4v) is 5.95. The molecule has 0 aromatic carbocycles. The van der Waals surface area contributed by atoms with Gasteiger partial charge in [-0.25, -0.2) is 0 Å². The number of carbonyl (C=O) groups is 1. The lowest BCUT2D eigenvalue weighted by Crippen LogP contribution is -2.45. The zero-order valence-corrected chi connectivity index (χ0v) is 12.6. The normalized spacial score (nSPS) is 45.8. The Morgan fingerprint density at radius 3 is 2.76 bits per heavy atom. The lowest BCUT2D eigenvalue weighted by atomic mass is 9.53. The van der Waals surface area contributed by atoms with Gasteiger partial charge < -0.3 is 10.2 Å². The molecular formula is C18H24O3. The summed E-state index contributed by atoms with van der Waals surface area (Å²) in [6.45, 7) is 2.45. The minimum absolute atomic E-state index is 0.0474. The van der Waals surface area contributed by atoms with Crippen LogP contribution in [0.5, 0.6) is 0 Å². The molecule has 4 rings (SSSR count). The molecule has 0 amide bonds. The van der Waals surface area contributed by atoms with Crippen LogP contribution in [0.25, 0.3) is 0 Å². The Balaban J connectivity index is 1.70. The average molecular weight is 288 g/mol. The molecule has 0 aliphatic heterocycles. The van der Waals surface area contributed by atoms with Gasteiger partial charge in [0.05, 0.1) is 0 Å². The molecule has 0 unspecified atom stereocenters. The van der Waals surface area contributed by atoms with Crippen molar-refractivity contribution in [3.8, 4) is 0 Å². The summed E-state index contributed by atoms with van der Waals surface area (Å²) < 4.78 is 0. The third kappa shape index (κ3) is 1.75. The molecule has 4 aliphatic rings. The van der Waals surface area contributed by atoms with E-state index in [-0.39, 0.29) is 11.7 Å². The Morgan fingerprint density at radius 2 is 1.95 bits per heavy atom. The summed E-state index contributed by atoms with van der Waals surface area (Å²) in [5.74, 6) is 0.863. The summed E-state index contributed by atoms with van der Waals surface area (Å²) in [5, 5.41) is 20.2. The molecule has 0 radical (unpaired) electrons. The van der Waals surface area contributed by atoms with Gasteiger partial charge in [0.25, 0.3) is 0 Å². The van der Waals surface area contributed by atoms with Crippen molar-refractivity contribution >= 4 is 5.78 Å². The number of aliphatic hydroxyl groups excluding tert-OH is 2. The predicted octanol–water partition coefficient (Wildman–Crippen LogP) is 4.07. The molecule has 0 saturated heterocycles. The molecule has 2 N–H and O–H groups in total. The first-order valence-corrected chi connectivity index (χ1v) is 8.38. The van der Waals surface area contributed by atoms with E-state index in [2.05, 4.69) is 6.92 Å². The van der Waals surface area contributed by atoms with Crippen LogP contribution < -0.4 is 0 Å². The summed E-state index contributed by atoms with van der Waals surface area (Å²) >= 11 is 0. The van der Waals surface area contributed by atoms with E-state index in [1.165, 1.54) is 25.7 Å². The third-order valence-corrected chi connectivity index (χ3v) is 6.95. The predicted molar refractivity (Wildman–Crippen MR) is 79.8 cm³/mol. The van der Waals surface area contributed by atoms with Crippen LogP contribution in [0, 0.1) is 29.1 Å². The van der Waals surface area contributed by atoms with Crippen LogP contribution in [0.2, 0.25) is 0 Å². The lowest BCUT2D eigenvalue weighted by molar-refractivity contribution is -0.114. The molecule has 3 nitrogen and oxygen atoms in total. The molecule has 0 bridgehead atoms. The number of carbonyl (C=O) groups excluding carboxylic acids is 1. The fourth-order valence-electron chi connectivity index (χ4n) is 5.95. The van der Waals surface area contributed by atoms with Crippen molar-refractivity contribution in [1.29, 1.82) is 0 Å². The maximum absolute atomic E-state index is 11.7. The monoisotopic (exact) mass is 288 g/mol. The molecule has 0 heterocycles. The van der Waals surface area contributed by atoms with Gasteiger partial charge in [0.2, 0.25) is 11.5 Å². The van der Waals surface area contributed by atoms with Gasteiger partial charge in [0.15, 0.2) is 0 Å². The van der Waals surface area contributed by atoms with E-state index in [1.54, 1.807) is 6.08 Å². The Kier molecular flexibility index (Phi) is 2.79. The molecule has 5 atom stereocenters. The number of aliphatic hydroxyl groups is 2. The minimum Gasteiger partial charge on any atom is -0.508 e. The van der Waals surface area contributed by atoms with Crippen molar-refractivity contribution in [3.05, 3.63) is 23.2 Å². The second-order valence-corrected chi connectivity index (χ2v) is 7.85. The van der Waals surface area contributed by atoms with Crippen molar-refractivity contribution in [2.75, 3.05) is 0 Å². The topological polar surface area (TPSA) is 57.5 Å². The highest BCUT2D eigenvalue weighted by atomic mass is 16.3. The van der Waals surface area contributed by atoms with Crippen LogP contribution in [0.15, 0.2) is 23.2 Å². The van der Waals surface area contributed by atoms with Gasteiger partial charge in [0, 0.05) is 5.92 Å². The fraction of sp³-hybridized carbons (Fsp3) is 0.722. The van der Waals surface area contributed by atoms with Gasteiger partial charge >= 0.3 is 0 Å². The van der Waals surface area contributed by atoms with E-state index < -0.39 is 11.5 Å². The van der Waals surface area contributed by atoms with Gasteiger partial charge in [-0.15, -0.1) is 0 Å². The van der Waals surface area contributed by atoms with Gasteiger partial charge in [-0.2, -0.15) is 0 Å². The third-order valence-electron chi connectivity index (χ3n) is 6.95. The van der Waals surface area contributed by atoms with E-state index in [4.69, 9.17) is 0 Å². The second-order valence-electron chi connectivity index (χ2n) is 7.85. The van der Waals surface area contributed by atoms with E-state index >= 15 is 0 Å². The zero-order chi connectivity index (χ0) is 14.8. The highest BCUT2D eigenvalue weighted by Crippen LogP contribution is 2.61. The van der Waals surface area contributed by atoms with E-state index in [0.717, 1.165) is 30.8 Å². The maximum Gasteiger partial charge on any atom is 0.223 e. The van der Waals surface area contributed by atoms with Gasteiger partial charge in [-0.1, -0.05) is 18.9 Å². The number of ketones is 1. The summed E-state index contributed by atoms with van der Waals surface area (Å²) in [5.41, 5.74) is 1.55. The van der Waals surface area contributed by atoms with Crippen LogP contribution in [0.1, 0.15) is 51.9 Å². The summed E-state index contributed by atoms with van der Waals surface area (Å²) in [6, 6.07) is 0. The molecule has 3 heteroatoms. The second kappa shape index (κ2) is 4.37. The molecule has 0 aromatic heterocycles. The SMILES string of the molecule is C[C@@]12CCC[C@H]1[C@@H]1CCC3=CC(=O)C(O)=C(O)[C@@H]3[C@H]1CC2. The van der Waals surface area contributed by atoms with Crippen molar-refractivity contribution < 1.29 is 15.0 Å². The van der Waals surface area contributed by atoms with Crippen LogP contribution in [0.3, 0.4) is 0 Å². The standard InChI is InChI=1S/C18H24O3/c1-18-7-2-3-13(18)11-5-4-10-9-14(19)16(20)17(21)15(10)12(11)6-8-18/h9,11-13,15,20-21H,2-8H2,1H3/t11-,12+,13+,15+,18+/m1/s1. The molecule has 114 valence electrons. The van der Waals surface area contributed by atoms with Crippen LogP contribution in [0.4, 0.5) is 0 Å². The molecule has 0 spiro atoms. The van der Waals surface area contributed by atoms with Crippen molar-refractivity contribution in [3.63, 3.8) is 0 Å². The first-order chi connectivity index (χ1) is 10.0. The van der Waals surface area contributed by atoms with Gasteiger partial charge in [0.1, 0.15) is 5.76 Å². The first kappa shape index (κ1) is 13.4. The number of allylic oxidation sites excluding steroid dienone is 2. The smallest absolute Gasteiger partial charge is 0.223 e. The maximum atomic E-state index is 11.7. The highest BCUT2D eigenvalue weighted by molar-refractivity contribution is 6.04. The average Bonchev–Trinajstić information content (AvgIpc) is 2.86. The molecule has 4 aliphatic carbocycles. The highest BCUT2D eigenvalue weighted by Gasteiger charge is 2.53. The number of hydrogen-bond acceptors (Lipinski definition) is 3. The molecule has 21 heavy (non-hydrogen) atoms. The Bertz CT molecular complexity index is 559. The Labute approximate surface area is 125 Å². The zero-order valence-electron chi connectivity index (χ0n) is 12.6. The van der Waals surface area contributed by atoms with Crippen LogP contribution in [-0.2, 0) is 4.79 Å². The van der Waals surface area contributed by atoms with Crippen LogP contribution >= 0.6 is 0 Å². The van der Waals surface area contributed by atoms with Gasteiger partial charge in [-0.05, 0) is 67.8 Å². The number of hydrogen-bond donors (Lipinski definition) is 2. The largest absolute Gasteiger partial charge is 0.508 e. The lowest BCUT2D eigenvalue weighted by Gasteiger charge is -2.52. The minimum atomic E-state index is -0.418. The van der Waals surface area contributed by atoms with Crippen LogP contribution in [-0.4, -0.2) is 16.0 Å². The van der Waals surface area contributed by atoms with Gasteiger partial charge in [-0.3, -0.25) is 4.79 Å². The molecule has 3 saturated carbocycles. The first-order valence-electron chi connectivity index (χ1n) is 8.38. The summed E-state index contributed by atoms with van der Waals surface area (Å²) in [7, 11) is 0. The molecule has 3 fully saturated rings. The quantitative estimate of drug-likeness (QED) is 0.706. The van der Waals surface area contributed by atoms with E-state index in [0.29, 0.717) is 17.3 Å². The van der Waals surface area contributed by atoms with Crippen molar-refractivity contribution in [2.45, 2.75) is 51.9 Å². The van der Waals surface area contributed by atoms with E-state index in [9.17, 15) is 15.0 Å².